The summed E-state index contributed by atoms with van der Waals surface area (Å²) in [6.07, 6.45) is 3.06. The maximum absolute atomic E-state index is 12.9. The van der Waals surface area contributed by atoms with Crippen LogP contribution in [0.1, 0.15) is 22.8 Å². The van der Waals surface area contributed by atoms with Crippen molar-refractivity contribution in [3.05, 3.63) is 64.2 Å². The molecule has 0 aliphatic rings. The summed E-state index contributed by atoms with van der Waals surface area (Å²) in [5.74, 6) is -0.617. The number of aryl methyl sites for hydroxylation is 1. The maximum atomic E-state index is 12.9. The Balaban J connectivity index is 2.15. The van der Waals surface area contributed by atoms with Gasteiger partial charge in [-0.05, 0) is 18.6 Å². The van der Waals surface area contributed by atoms with Gasteiger partial charge in [0, 0.05) is 18.7 Å². The summed E-state index contributed by atoms with van der Waals surface area (Å²) < 4.78 is 15.4. The van der Waals surface area contributed by atoms with E-state index in [0.29, 0.717) is 22.5 Å². The molecule has 0 fully saturated rings. The molecule has 1 aromatic carbocycles. The number of hydrogen-bond acceptors (Lipinski definition) is 5. The fraction of sp³-hybridized carbons (Fsp3) is 0.263. The number of benzene rings is 1. The van der Waals surface area contributed by atoms with Crippen molar-refractivity contribution in [2.24, 2.45) is 7.05 Å². The average molecular weight is 385 g/mol. The molecule has 2 aromatic heterocycles. The number of halogens is 1. The molecule has 0 spiro atoms. The van der Waals surface area contributed by atoms with Gasteiger partial charge in [-0.15, -0.1) is 0 Å². The lowest BCUT2D eigenvalue weighted by molar-refractivity contribution is 0.0920. The average Bonchev–Trinajstić information content (AvgIpc) is 3.14. The highest BCUT2D eigenvalue weighted by Crippen LogP contribution is 2.19. The van der Waals surface area contributed by atoms with Gasteiger partial charge >= 0.3 is 0 Å². The predicted octanol–water partition coefficient (Wildman–Crippen LogP) is 1.21. The summed E-state index contributed by atoms with van der Waals surface area (Å²) in [6.45, 7) is 0.774. The van der Waals surface area contributed by atoms with Crippen molar-refractivity contribution in [1.82, 2.24) is 24.9 Å². The van der Waals surface area contributed by atoms with Crippen LogP contribution < -0.4 is 10.9 Å². The third-order valence-corrected chi connectivity index (χ3v) is 4.15. The van der Waals surface area contributed by atoms with E-state index >= 15 is 0 Å². The molecule has 1 unspecified atom stereocenters. The lowest BCUT2D eigenvalue weighted by Gasteiger charge is -2.13. The van der Waals surface area contributed by atoms with Crippen molar-refractivity contribution in [3.8, 4) is 16.9 Å². The van der Waals surface area contributed by atoms with Crippen molar-refractivity contribution in [1.29, 1.82) is 0 Å². The first-order valence-electron chi connectivity index (χ1n) is 8.63. The highest BCUT2D eigenvalue weighted by molar-refractivity contribution is 5.95. The first-order chi connectivity index (χ1) is 13.4. The number of amides is 1. The number of aliphatic hydroxyl groups excluding tert-OH is 1. The van der Waals surface area contributed by atoms with Crippen molar-refractivity contribution in [3.63, 3.8) is 0 Å². The quantitative estimate of drug-likeness (QED) is 0.664. The molecule has 1 amide bonds. The Bertz CT molecular complexity index is 1040. The number of aliphatic hydroxyl groups is 1. The second-order valence-electron chi connectivity index (χ2n) is 6.42. The minimum Gasteiger partial charge on any atom is -0.394 e. The molecule has 3 rings (SSSR count). The third kappa shape index (κ3) is 3.99. The zero-order chi connectivity index (χ0) is 20.3. The zero-order valence-electron chi connectivity index (χ0n) is 15.5. The van der Waals surface area contributed by atoms with E-state index in [9.17, 15) is 14.0 Å². The van der Waals surface area contributed by atoms with Gasteiger partial charge in [-0.2, -0.15) is 14.9 Å². The van der Waals surface area contributed by atoms with Gasteiger partial charge < -0.3 is 10.4 Å². The monoisotopic (exact) mass is 385 g/mol. The minimum atomic E-state index is -0.617. The van der Waals surface area contributed by atoms with E-state index in [1.165, 1.54) is 16.9 Å². The number of carbonyl (C=O) groups is 1. The molecule has 3 aromatic rings. The Morgan fingerprint density at radius 1 is 1.32 bits per heavy atom. The van der Waals surface area contributed by atoms with E-state index in [1.807, 2.05) is 0 Å². The van der Waals surface area contributed by atoms with Crippen LogP contribution in [0.15, 0.2) is 47.5 Å². The van der Waals surface area contributed by atoms with Crippen LogP contribution in [0.25, 0.3) is 16.9 Å². The number of nitrogens with zero attached hydrogens (tertiary/aromatic N) is 4. The van der Waals surface area contributed by atoms with Crippen LogP contribution in [0, 0.1) is 0 Å². The normalized spacial score (nSPS) is 12.0. The lowest BCUT2D eigenvalue weighted by atomic mass is 10.1. The van der Waals surface area contributed by atoms with Gasteiger partial charge in [-0.3, -0.25) is 14.3 Å². The van der Waals surface area contributed by atoms with Gasteiger partial charge in [0.1, 0.15) is 17.9 Å². The molecule has 9 heteroatoms. The van der Waals surface area contributed by atoms with Crippen LogP contribution >= 0.6 is 0 Å². The Morgan fingerprint density at radius 3 is 2.61 bits per heavy atom. The molecular formula is C19H20FN5O3. The van der Waals surface area contributed by atoms with E-state index in [0.717, 1.165) is 4.68 Å². The van der Waals surface area contributed by atoms with Crippen molar-refractivity contribution >= 4 is 5.91 Å². The van der Waals surface area contributed by atoms with Crippen molar-refractivity contribution < 1.29 is 14.3 Å². The molecule has 0 aliphatic heterocycles. The number of carbonyl (C=O) groups excluding carboxylic acids is 1. The van der Waals surface area contributed by atoms with E-state index in [1.54, 1.807) is 44.4 Å². The van der Waals surface area contributed by atoms with Crippen molar-refractivity contribution in [2.45, 2.75) is 19.6 Å². The molecule has 0 radical (unpaired) electrons. The van der Waals surface area contributed by atoms with Crippen LogP contribution in [0.3, 0.4) is 0 Å². The summed E-state index contributed by atoms with van der Waals surface area (Å²) in [4.78, 5) is 25.4. The number of rotatable bonds is 6. The molecule has 0 saturated heterocycles. The molecule has 2 heterocycles. The van der Waals surface area contributed by atoms with Gasteiger partial charge in [-0.1, -0.05) is 24.3 Å². The standard InChI is InChI=1S/C19H20FN5O3/c1-12(11-26)22-18(27)16-7-17(14-5-3-13(8-20)4-6-14)23-25(19(16)28)15-9-21-24(2)10-15/h3-7,9-10,12,26H,8,11H2,1-2H3,(H,22,27). The number of alkyl halides is 1. The molecule has 1 atom stereocenters. The smallest absolute Gasteiger partial charge is 0.284 e. The number of nitrogens with one attached hydrogen (secondary N) is 1. The summed E-state index contributed by atoms with van der Waals surface area (Å²) in [6, 6.07) is 7.45. The summed E-state index contributed by atoms with van der Waals surface area (Å²) in [5, 5.41) is 20.1. The second-order valence-corrected chi connectivity index (χ2v) is 6.42. The van der Waals surface area contributed by atoms with E-state index < -0.39 is 24.2 Å². The molecular weight excluding hydrogens is 365 g/mol. The lowest BCUT2D eigenvalue weighted by Crippen LogP contribution is -2.39. The van der Waals surface area contributed by atoms with Crippen LogP contribution in [0.4, 0.5) is 4.39 Å². The van der Waals surface area contributed by atoms with Gasteiger partial charge in [0.25, 0.3) is 11.5 Å². The number of aromatic nitrogens is 4. The largest absolute Gasteiger partial charge is 0.394 e. The highest BCUT2D eigenvalue weighted by atomic mass is 19.1. The van der Waals surface area contributed by atoms with E-state index in [4.69, 9.17) is 5.11 Å². The fourth-order valence-electron chi connectivity index (χ4n) is 2.60. The van der Waals surface area contributed by atoms with Gasteiger partial charge in [0.05, 0.1) is 24.7 Å². The number of hydrogen-bond donors (Lipinski definition) is 2. The van der Waals surface area contributed by atoms with Gasteiger partial charge in [0.15, 0.2) is 0 Å². The van der Waals surface area contributed by atoms with Crippen molar-refractivity contribution in [2.75, 3.05) is 6.61 Å². The van der Waals surface area contributed by atoms with Gasteiger partial charge in [-0.25, -0.2) is 4.39 Å². The SMILES string of the molecule is CC(CO)NC(=O)c1cc(-c2ccc(CF)cc2)nn(-c2cnn(C)c2)c1=O. The molecule has 146 valence electrons. The Hall–Kier alpha value is -3.33. The van der Waals surface area contributed by atoms with E-state index in [2.05, 4.69) is 15.5 Å². The molecule has 8 nitrogen and oxygen atoms in total. The Labute approximate surface area is 160 Å². The van der Waals surface area contributed by atoms with Crippen LogP contribution in [0.5, 0.6) is 0 Å². The summed E-state index contributed by atoms with van der Waals surface area (Å²) in [7, 11) is 1.70. The summed E-state index contributed by atoms with van der Waals surface area (Å²) >= 11 is 0. The van der Waals surface area contributed by atoms with E-state index in [-0.39, 0.29) is 12.2 Å². The first kappa shape index (κ1) is 19.4. The second kappa shape index (κ2) is 8.13. The molecule has 28 heavy (non-hydrogen) atoms. The molecule has 0 bridgehead atoms. The topological polar surface area (TPSA) is 102 Å². The minimum absolute atomic E-state index is 0.122. The molecule has 0 aliphatic carbocycles. The highest BCUT2D eigenvalue weighted by Gasteiger charge is 2.19. The fourth-order valence-corrected chi connectivity index (χ4v) is 2.60. The van der Waals surface area contributed by atoms with Crippen LogP contribution in [-0.4, -0.2) is 43.2 Å². The molecule has 2 N–H and O–H groups in total. The zero-order valence-corrected chi connectivity index (χ0v) is 15.5. The summed E-state index contributed by atoms with van der Waals surface area (Å²) in [5.41, 5.74) is 1.18. The predicted molar refractivity (Wildman–Crippen MR) is 101 cm³/mol. The third-order valence-electron chi connectivity index (χ3n) is 4.15. The maximum Gasteiger partial charge on any atom is 0.284 e. The molecule has 0 saturated carbocycles. The Kier molecular flexibility index (Phi) is 5.65. The van der Waals surface area contributed by atoms with Gasteiger partial charge in [0.2, 0.25) is 0 Å². The van der Waals surface area contributed by atoms with Crippen LogP contribution in [0.2, 0.25) is 0 Å². The Morgan fingerprint density at radius 2 is 2.04 bits per heavy atom. The first-order valence-corrected chi connectivity index (χ1v) is 8.63. The van der Waals surface area contributed by atoms with Crippen LogP contribution in [-0.2, 0) is 13.7 Å².